The van der Waals surface area contributed by atoms with Crippen LogP contribution >= 0.6 is 0 Å². The largest absolute Gasteiger partial charge is 0.421 e. The maximum atomic E-state index is 13.5. The van der Waals surface area contributed by atoms with Crippen LogP contribution in [-0.2, 0) is 4.79 Å². The van der Waals surface area contributed by atoms with Crippen molar-refractivity contribution in [3.8, 4) is 5.75 Å². The van der Waals surface area contributed by atoms with Crippen molar-refractivity contribution < 1.29 is 18.3 Å². The Hall–Kier alpha value is -1.52. The van der Waals surface area contributed by atoms with Gasteiger partial charge in [-0.2, -0.15) is 13.8 Å². The fraction of sp³-hybridized carbons (Fsp3) is 0.700. The van der Waals surface area contributed by atoms with Crippen LogP contribution in [-0.4, -0.2) is 11.0 Å². The van der Waals surface area contributed by atoms with Crippen LogP contribution in [0.15, 0.2) is 12.1 Å². The molecule has 0 amide bonds. The molecule has 1 aromatic rings. The molecule has 3 nitrogen and oxygen atoms in total. The quantitative estimate of drug-likeness (QED) is 0.547. The summed E-state index contributed by atoms with van der Waals surface area (Å²) >= 11 is 0. The second-order valence-electron chi connectivity index (χ2n) is 7.64. The predicted octanol–water partition coefficient (Wildman–Crippen LogP) is 5.29. The Bertz CT molecular complexity index is 591. The summed E-state index contributed by atoms with van der Waals surface area (Å²) < 4.78 is 31.4. The van der Waals surface area contributed by atoms with E-state index in [9.17, 15) is 13.6 Å². The second kappa shape index (κ2) is 8.24. The van der Waals surface area contributed by atoms with Gasteiger partial charge in [0, 0.05) is 0 Å². The van der Waals surface area contributed by atoms with E-state index in [1.54, 1.807) is 0 Å². The molecule has 2 aliphatic rings. The van der Waals surface area contributed by atoms with Crippen molar-refractivity contribution in [2.45, 2.75) is 64.7 Å². The van der Waals surface area contributed by atoms with Gasteiger partial charge in [-0.15, -0.1) is 0 Å². The summed E-state index contributed by atoms with van der Waals surface area (Å²) in [6.45, 7) is 2.28. The lowest BCUT2D eigenvalue weighted by molar-refractivity contribution is -0.140. The standard InChI is InChI=1S/C20H27F2NO2/c1-2-13-3-5-14(6-4-13)15-7-9-16(10-8-15)20(24)25-17-11-12-18(21)23-19(17)22/h11-16H,2-10H2,1H3/t13-,14-,15-,16-. The molecular weight excluding hydrogens is 324 g/mol. The zero-order chi connectivity index (χ0) is 17.8. The van der Waals surface area contributed by atoms with E-state index >= 15 is 0 Å². The maximum absolute atomic E-state index is 13.5. The smallest absolute Gasteiger partial charge is 0.314 e. The van der Waals surface area contributed by atoms with Gasteiger partial charge in [-0.3, -0.25) is 4.79 Å². The molecule has 25 heavy (non-hydrogen) atoms. The van der Waals surface area contributed by atoms with Gasteiger partial charge >= 0.3 is 5.97 Å². The molecule has 2 aliphatic carbocycles. The van der Waals surface area contributed by atoms with Crippen LogP contribution in [0, 0.1) is 35.6 Å². The van der Waals surface area contributed by atoms with Crippen molar-refractivity contribution in [2.75, 3.05) is 0 Å². The number of ether oxygens (including phenoxy) is 1. The van der Waals surface area contributed by atoms with E-state index in [-0.39, 0.29) is 11.7 Å². The average Bonchev–Trinajstić information content (AvgIpc) is 2.64. The number of aromatic nitrogens is 1. The minimum Gasteiger partial charge on any atom is -0.421 e. The van der Waals surface area contributed by atoms with E-state index in [4.69, 9.17) is 4.74 Å². The lowest BCUT2D eigenvalue weighted by Gasteiger charge is -2.37. The average molecular weight is 351 g/mol. The number of rotatable bonds is 4. The summed E-state index contributed by atoms with van der Waals surface area (Å²) in [4.78, 5) is 15.3. The molecule has 0 aliphatic heterocycles. The molecular formula is C20H27F2NO2. The molecule has 1 heterocycles. The van der Waals surface area contributed by atoms with Gasteiger partial charge in [0.05, 0.1) is 5.92 Å². The fourth-order valence-corrected chi connectivity index (χ4v) is 4.56. The summed E-state index contributed by atoms with van der Waals surface area (Å²) in [6, 6.07) is 2.11. The number of carbonyl (C=O) groups is 1. The number of nitrogens with zero attached hydrogens (tertiary/aromatic N) is 1. The van der Waals surface area contributed by atoms with Crippen molar-refractivity contribution >= 4 is 5.97 Å². The highest BCUT2D eigenvalue weighted by Crippen LogP contribution is 2.42. The molecule has 0 spiro atoms. The number of pyridine rings is 1. The van der Waals surface area contributed by atoms with Crippen molar-refractivity contribution in [1.82, 2.24) is 4.98 Å². The first-order valence-corrected chi connectivity index (χ1v) is 9.60. The first-order chi connectivity index (χ1) is 12.1. The monoisotopic (exact) mass is 351 g/mol. The van der Waals surface area contributed by atoms with Gasteiger partial charge in [-0.05, 0) is 68.4 Å². The number of halogens is 2. The van der Waals surface area contributed by atoms with Crippen LogP contribution in [0.25, 0.3) is 0 Å². The SMILES string of the molecule is CC[C@H]1CC[C@H]([C@H]2CC[C@H](C(=O)Oc3ccc(F)nc3F)CC2)CC1. The van der Waals surface area contributed by atoms with E-state index in [0.717, 1.165) is 49.7 Å². The van der Waals surface area contributed by atoms with Crippen LogP contribution in [0.5, 0.6) is 5.75 Å². The molecule has 1 aromatic heterocycles. The zero-order valence-corrected chi connectivity index (χ0v) is 14.8. The number of hydrogen-bond donors (Lipinski definition) is 0. The third-order valence-corrected chi connectivity index (χ3v) is 6.23. The summed E-state index contributed by atoms with van der Waals surface area (Å²) in [5.74, 6) is -0.462. The minimum absolute atomic E-state index is 0.187. The lowest BCUT2D eigenvalue weighted by atomic mass is 9.69. The summed E-state index contributed by atoms with van der Waals surface area (Å²) in [7, 11) is 0. The molecule has 2 saturated carbocycles. The highest BCUT2D eigenvalue weighted by Gasteiger charge is 2.33. The summed E-state index contributed by atoms with van der Waals surface area (Å²) in [5, 5.41) is 0. The van der Waals surface area contributed by atoms with Crippen molar-refractivity contribution in [2.24, 2.45) is 23.7 Å². The Balaban J connectivity index is 1.48. The summed E-state index contributed by atoms with van der Waals surface area (Å²) in [6.07, 6.45) is 10.3. The highest BCUT2D eigenvalue weighted by molar-refractivity contribution is 5.75. The van der Waals surface area contributed by atoms with Gasteiger partial charge in [0.15, 0.2) is 5.75 Å². The molecule has 0 unspecified atom stereocenters. The Morgan fingerprint density at radius 3 is 2.20 bits per heavy atom. The van der Waals surface area contributed by atoms with Crippen molar-refractivity contribution in [1.29, 1.82) is 0 Å². The predicted molar refractivity (Wildman–Crippen MR) is 91.0 cm³/mol. The number of carbonyl (C=O) groups excluding carboxylic acids is 1. The molecule has 0 bridgehead atoms. The molecule has 2 fully saturated rings. The van der Waals surface area contributed by atoms with Crippen LogP contribution in [0.1, 0.15) is 64.7 Å². The van der Waals surface area contributed by atoms with Gasteiger partial charge in [-0.1, -0.05) is 26.2 Å². The van der Waals surface area contributed by atoms with E-state index in [2.05, 4.69) is 11.9 Å². The first kappa shape index (κ1) is 18.3. The Morgan fingerprint density at radius 1 is 1.04 bits per heavy atom. The molecule has 3 rings (SSSR count). The number of hydrogen-bond acceptors (Lipinski definition) is 3. The third kappa shape index (κ3) is 4.56. The number of esters is 1. The molecule has 0 saturated heterocycles. The Labute approximate surface area is 148 Å². The normalized spacial score (nSPS) is 30.0. The molecule has 138 valence electrons. The van der Waals surface area contributed by atoms with Crippen LogP contribution in [0.4, 0.5) is 8.78 Å². The summed E-state index contributed by atoms with van der Waals surface area (Å²) in [5.41, 5.74) is 0. The van der Waals surface area contributed by atoms with Gasteiger partial charge in [0.25, 0.3) is 5.95 Å². The van der Waals surface area contributed by atoms with E-state index in [0.29, 0.717) is 5.92 Å². The minimum atomic E-state index is -1.07. The van der Waals surface area contributed by atoms with Crippen LogP contribution < -0.4 is 4.74 Å². The molecule has 0 atom stereocenters. The highest BCUT2D eigenvalue weighted by atomic mass is 19.1. The van der Waals surface area contributed by atoms with Crippen LogP contribution in [0.2, 0.25) is 0 Å². The van der Waals surface area contributed by atoms with Gasteiger partial charge in [0.2, 0.25) is 5.95 Å². The van der Waals surface area contributed by atoms with E-state index in [1.165, 1.54) is 32.1 Å². The molecule has 0 aromatic carbocycles. The fourth-order valence-electron chi connectivity index (χ4n) is 4.56. The van der Waals surface area contributed by atoms with Gasteiger partial charge in [-0.25, -0.2) is 0 Å². The topological polar surface area (TPSA) is 39.2 Å². The Kier molecular flexibility index (Phi) is 6.02. The van der Waals surface area contributed by atoms with Gasteiger partial charge in [0.1, 0.15) is 0 Å². The third-order valence-electron chi connectivity index (χ3n) is 6.23. The van der Waals surface area contributed by atoms with Gasteiger partial charge < -0.3 is 4.74 Å². The second-order valence-corrected chi connectivity index (χ2v) is 7.64. The van der Waals surface area contributed by atoms with E-state index < -0.39 is 17.9 Å². The first-order valence-electron chi connectivity index (χ1n) is 9.60. The molecule has 0 radical (unpaired) electrons. The van der Waals surface area contributed by atoms with Crippen LogP contribution in [0.3, 0.4) is 0 Å². The van der Waals surface area contributed by atoms with Crippen molar-refractivity contribution in [3.63, 3.8) is 0 Å². The maximum Gasteiger partial charge on any atom is 0.314 e. The Morgan fingerprint density at radius 2 is 1.64 bits per heavy atom. The lowest BCUT2D eigenvalue weighted by Crippen LogP contribution is -2.30. The zero-order valence-electron chi connectivity index (χ0n) is 14.8. The molecule has 0 N–H and O–H groups in total. The van der Waals surface area contributed by atoms with Crippen molar-refractivity contribution in [3.05, 3.63) is 24.0 Å². The molecule has 5 heteroatoms. The van der Waals surface area contributed by atoms with E-state index in [1.807, 2.05) is 0 Å².